The van der Waals surface area contributed by atoms with Gasteiger partial charge in [-0.15, -0.1) is 0 Å². The van der Waals surface area contributed by atoms with Crippen molar-refractivity contribution >= 4 is 29.5 Å². The van der Waals surface area contributed by atoms with Crippen LogP contribution in [0.25, 0.3) is 6.08 Å². The predicted octanol–water partition coefficient (Wildman–Crippen LogP) is 2.77. The Hall–Kier alpha value is -4.73. The molecule has 0 bridgehead atoms. The summed E-state index contributed by atoms with van der Waals surface area (Å²) in [5.41, 5.74) is 0.0574. The minimum absolute atomic E-state index is 0.0226. The Labute approximate surface area is 187 Å². The third-order valence-electron chi connectivity index (χ3n) is 4.53. The number of rotatable bonds is 9. The molecule has 10 nitrogen and oxygen atoms in total. The first kappa shape index (κ1) is 22.9. The van der Waals surface area contributed by atoms with Crippen LogP contribution in [0.5, 0.6) is 0 Å². The maximum atomic E-state index is 12.9. The van der Waals surface area contributed by atoms with Crippen LogP contribution in [0.2, 0.25) is 0 Å². The van der Waals surface area contributed by atoms with E-state index >= 15 is 0 Å². The van der Waals surface area contributed by atoms with Gasteiger partial charge in [0.25, 0.3) is 17.5 Å². The van der Waals surface area contributed by atoms with Crippen LogP contribution in [0.4, 0.5) is 5.69 Å². The van der Waals surface area contributed by atoms with Crippen LogP contribution in [0.3, 0.4) is 0 Å². The molecule has 1 aromatic heterocycles. The highest BCUT2D eigenvalue weighted by molar-refractivity contribution is 6.06. The van der Waals surface area contributed by atoms with Crippen molar-refractivity contribution in [2.75, 3.05) is 0 Å². The van der Waals surface area contributed by atoms with Crippen molar-refractivity contribution in [3.05, 3.63) is 106 Å². The number of nitro groups is 1. The highest BCUT2D eigenvalue weighted by atomic mass is 16.6. The molecule has 0 aliphatic carbocycles. The number of non-ortho nitro benzene ring substituents is 1. The number of carboxylic acid groups (broad SMARTS) is 1. The van der Waals surface area contributed by atoms with Crippen LogP contribution in [-0.4, -0.2) is 33.9 Å². The number of nitro benzene ring substituents is 1. The summed E-state index contributed by atoms with van der Waals surface area (Å²) in [5.74, 6) is -2.68. The molecule has 0 aliphatic heterocycles. The molecule has 2 aromatic carbocycles. The monoisotopic (exact) mass is 449 g/mol. The van der Waals surface area contributed by atoms with Gasteiger partial charge in [0.15, 0.2) is 0 Å². The minimum Gasteiger partial charge on any atom is -0.480 e. The highest BCUT2D eigenvalue weighted by Gasteiger charge is 2.24. The zero-order valence-electron chi connectivity index (χ0n) is 17.1. The molecule has 3 aromatic rings. The van der Waals surface area contributed by atoms with Crippen LogP contribution in [0, 0.1) is 10.1 Å². The van der Waals surface area contributed by atoms with Gasteiger partial charge in [0.1, 0.15) is 17.5 Å². The fourth-order valence-corrected chi connectivity index (χ4v) is 2.92. The summed E-state index contributed by atoms with van der Waals surface area (Å²) in [7, 11) is 0. The number of carboxylic acids is 1. The number of benzene rings is 2. The predicted molar refractivity (Wildman–Crippen MR) is 117 cm³/mol. The van der Waals surface area contributed by atoms with E-state index in [-0.39, 0.29) is 29.1 Å². The van der Waals surface area contributed by atoms with Crippen LogP contribution in [0.1, 0.15) is 21.7 Å². The molecule has 3 N–H and O–H groups in total. The summed E-state index contributed by atoms with van der Waals surface area (Å²) >= 11 is 0. The molecule has 0 saturated carbocycles. The van der Waals surface area contributed by atoms with E-state index in [1.54, 1.807) is 36.4 Å². The van der Waals surface area contributed by atoms with Crippen molar-refractivity contribution < 1.29 is 28.8 Å². The number of nitrogens with zero attached hydrogens (tertiary/aromatic N) is 1. The Balaban J connectivity index is 1.83. The van der Waals surface area contributed by atoms with Gasteiger partial charge < -0.3 is 20.2 Å². The van der Waals surface area contributed by atoms with E-state index in [4.69, 9.17) is 4.42 Å². The average Bonchev–Trinajstić information content (AvgIpc) is 3.32. The number of nitrogens with one attached hydrogen (secondary N) is 2. The van der Waals surface area contributed by atoms with Crippen LogP contribution in [-0.2, 0) is 16.0 Å². The molecular formula is C23H19N3O7. The molecule has 1 atom stereocenters. The van der Waals surface area contributed by atoms with Gasteiger partial charge in [-0.05, 0) is 23.8 Å². The summed E-state index contributed by atoms with van der Waals surface area (Å²) in [6, 6.07) is 15.5. The molecule has 168 valence electrons. The molecule has 3 rings (SSSR count). The molecule has 10 heteroatoms. The Morgan fingerprint density at radius 2 is 1.82 bits per heavy atom. The lowest BCUT2D eigenvalue weighted by atomic mass is 10.1. The van der Waals surface area contributed by atoms with Crippen LogP contribution in [0.15, 0.2) is 83.1 Å². The summed E-state index contributed by atoms with van der Waals surface area (Å²) in [6.45, 7) is 0. The third-order valence-corrected chi connectivity index (χ3v) is 4.53. The molecular weight excluding hydrogens is 430 g/mol. The van der Waals surface area contributed by atoms with Crippen molar-refractivity contribution in [3.8, 4) is 0 Å². The lowest BCUT2D eigenvalue weighted by Crippen LogP contribution is -2.45. The molecule has 0 saturated heterocycles. The van der Waals surface area contributed by atoms with Gasteiger partial charge in [-0.1, -0.05) is 36.4 Å². The molecule has 33 heavy (non-hydrogen) atoms. The Bertz CT molecular complexity index is 1190. The number of furan rings is 1. The topological polar surface area (TPSA) is 152 Å². The number of aliphatic carboxylic acids is 1. The first-order valence-corrected chi connectivity index (χ1v) is 9.72. The summed E-state index contributed by atoms with van der Waals surface area (Å²) in [5, 5.41) is 25.3. The van der Waals surface area contributed by atoms with Crippen molar-refractivity contribution in [1.82, 2.24) is 10.6 Å². The molecule has 0 aliphatic rings. The average molecular weight is 449 g/mol. The lowest BCUT2D eigenvalue weighted by Gasteiger charge is -2.16. The number of amides is 2. The maximum absolute atomic E-state index is 12.9. The largest absolute Gasteiger partial charge is 0.480 e. The second-order valence-corrected chi connectivity index (χ2v) is 6.89. The van der Waals surface area contributed by atoms with Crippen LogP contribution < -0.4 is 10.6 Å². The van der Waals surface area contributed by atoms with E-state index in [1.807, 2.05) is 0 Å². The third kappa shape index (κ3) is 6.37. The Morgan fingerprint density at radius 3 is 2.45 bits per heavy atom. The zero-order chi connectivity index (χ0) is 23.8. The molecule has 0 spiro atoms. The molecule has 0 fully saturated rings. The van der Waals surface area contributed by atoms with Gasteiger partial charge >= 0.3 is 5.97 Å². The minimum atomic E-state index is -1.27. The number of carbonyl (C=O) groups is 3. The van der Waals surface area contributed by atoms with Gasteiger partial charge in [0.2, 0.25) is 0 Å². The summed E-state index contributed by atoms with van der Waals surface area (Å²) in [4.78, 5) is 47.6. The first-order valence-electron chi connectivity index (χ1n) is 9.72. The van der Waals surface area contributed by atoms with Crippen molar-refractivity contribution in [2.24, 2.45) is 0 Å². The second-order valence-electron chi connectivity index (χ2n) is 6.89. The normalized spacial score (nSPS) is 11.9. The first-order chi connectivity index (χ1) is 15.8. The summed E-state index contributed by atoms with van der Waals surface area (Å²) in [6.07, 6.45) is 2.61. The van der Waals surface area contributed by atoms with Gasteiger partial charge in [-0.25, -0.2) is 4.79 Å². The van der Waals surface area contributed by atoms with E-state index in [0.717, 1.165) is 6.07 Å². The maximum Gasteiger partial charge on any atom is 0.326 e. The molecule has 1 heterocycles. The van der Waals surface area contributed by atoms with E-state index in [2.05, 4.69) is 10.6 Å². The van der Waals surface area contributed by atoms with Crippen molar-refractivity contribution in [3.63, 3.8) is 0 Å². The van der Waals surface area contributed by atoms with Gasteiger partial charge in [-0.2, -0.15) is 0 Å². The van der Waals surface area contributed by atoms with E-state index in [1.165, 1.54) is 36.6 Å². The van der Waals surface area contributed by atoms with E-state index < -0.39 is 28.7 Å². The smallest absolute Gasteiger partial charge is 0.326 e. The Kier molecular flexibility index (Phi) is 7.32. The Morgan fingerprint density at radius 1 is 1.06 bits per heavy atom. The molecule has 0 radical (unpaired) electrons. The second kappa shape index (κ2) is 10.5. The van der Waals surface area contributed by atoms with Gasteiger partial charge in [0, 0.05) is 30.2 Å². The number of hydrogen-bond donors (Lipinski definition) is 3. The van der Waals surface area contributed by atoms with E-state index in [9.17, 15) is 29.6 Å². The SMILES string of the molecule is O=C(N[C@H](Cc1ccccc1)C(=O)O)/C(=C/c1ccco1)NC(=O)c1cccc([N+](=O)[O-])c1. The molecule has 0 unspecified atom stereocenters. The number of hydrogen-bond acceptors (Lipinski definition) is 6. The fraction of sp³-hybridized carbons (Fsp3) is 0.0870. The quantitative estimate of drug-likeness (QED) is 0.258. The van der Waals surface area contributed by atoms with Gasteiger partial charge in [0.05, 0.1) is 11.2 Å². The van der Waals surface area contributed by atoms with Crippen LogP contribution >= 0.6 is 0 Å². The highest BCUT2D eigenvalue weighted by Crippen LogP contribution is 2.14. The lowest BCUT2D eigenvalue weighted by molar-refractivity contribution is -0.384. The number of carbonyl (C=O) groups excluding carboxylic acids is 2. The standard InChI is InChI=1S/C23H19N3O7/c27-21(16-8-4-9-17(13-16)26(31)32)24-19(14-18-10-5-11-33-18)22(28)25-20(23(29)30)12-15-6-2-1-3-7-15/h1-11,13-14,20H,12H2,(H,24,27)(H,25,28)(H,29,30)/b19-14-/t20-/m1/s1. The van der Waals surface area contributed by atoms with Crippen molar-refractivity contribution in [2.45, 2.75) is 12.5 Å². The van der Waals surface area contributed by atoms with E-state index in [0.29, 0.717) is 5.56 Å². The molecule has 2 amide bonds. The van der Waals surface area contributed by atoms with Gasteiger partial charge in [-0.3, -0.25) is 19.7 Å². The fourth-order valence-electron chi connectivity index (χ4n) is 2.92. The summed E-state index contributed by atoms with van der Waals surface area (Å²) < 4.78 is 5.19. The zero-order valence-corrected chi connectivity index (χ0v) is 17.1. The van der Waals surface area contributed by atoms with Crippen molar-refractivity contribution in [1.29, 1.82) is 0 Å².